The van der Waals surface area contributed by atoms with Crippen molar-refractivity contribution in [2.24, 2.45) is 0 Å². The van der Waals surface area contributed by atoms with Gasteiger partial charge in [0.2, 0.25) is 0 Å². The summed E-state index contributed by atoms with van der Waals surface area (Å²) in [5.41, 5.74) is 1.75. The van der Waals surface area contributed by atoms with E-state index in [0.29, 0.717) is 10.9 Å². The smallest absolute Gasteiger partial charge is 0.170 e. The molecule has 2 aliphatic rings. The predicted molar refractivity (Wildman–Crippen MR) is 128 cm³/mol. The van der Waals surface area contributed by atoms with Gasteiger partial charge in [-0.1, -0.05) is 6.07 Å². The summed E-state index contributed by atoms with van der Waals surface area (Å²) in [6.07, 6.45) is 2.78. The summed E-state index contributed by atoms with van der Waals surface area (Å²) in [6.45, 7) is 5.36. The average molecular weight is 467 g/mol. The fraction of sp³-hybridized carbons (Fsp3) is 0.360. The van der Waals surface area contributed by atoms with E-state index in [0.717, 1.165) is 62.8 Å². The van der Waals surface area contributed by atoms with E-state index in [2.05, 4.69) is 20.1 Å². The van der Waals surface area contributed by atoms with Gasteiger partial charge in [0.1, 0.15) is 23.4 Å². The molecule has 172 valence electrons. The lowest BCUT2D eigenvalue weighted by Gasteiger charge is -2.29. The zero-order valence-electron chi connectivity index (χ0n) is 18.3. The first-order valence-corrected chi connectivity index (χ1v) is 11.7. The van der Waals surface area contributed by atoms with Crippen molar-refractivity contribution < 1.29 is 13.5 Å². The van der Waals surface area contributed by atoms with Crippen molar-refractivity contribution in [1.82, 2.24) is 20.1 Å². The second-order valence-corrected chi connectivity index (χ2v) is 8.72. The topological polar surface area (TPSA) is 53.8 Å². The lowest BCUT2D eigenvalue weighted by molar-refractivity contribution is 0.0365. The molecule has 0 radical (unpaired) electrons. The maximum absolute atomic E-state index is 13.4. The Morgan fingerprint density at radius 3 is 2.61 bits per heavy atom. The van der Waals surface area contributed by atoms with E-state index in [4.69, 9.17) is 21.4 Å². The maximum atomic E-state index is 13.4. The van der Waals surface area contributed by atoms with Crippen molar-refractivity contribution in [3.05, 3.63) is 78.1 Å². The molecule has 6 nitrogen and oxygen atoms in total. The van der Waals surface area contributed by atoms with Gasteiger partial charge in [-0.25, -0.2) is 4.39 Å². The number of furan rings is 1. The fourth-order valence-corrected chi connectivity index (χ4v) is 4.86. The highest BCUT2D eigenvalue weighted by atomic mass is 32.1. The number of hydrogen-bond acceptors (Lipinski definition) is 5. The van der Waals surface area contributed by atoms with Gasteiger partial charge in [0.25, 0.3) is 0 Å². The highest BCUT2D eigenvalue weighted by molar-refractivity contribution is 7.80. The molecule has 0 unspecified atom stereocenters. The van der Waals surface area contributed by atoms with Gasteiger partial charge < -0.3 is 19.4 Å². The minimum Gasteiger partial charge on any atom is -0.459 e. The van der Waals surface area contributed by atoms with E-state index < -0.39 is 0 Å². The van der Waals surface area contributed by atoms with Gasteiger partial charge in [-0.3, -0.25) is 9.88 Å². The highest BCUT2D eigenvalue weighted by Gasteiger charge is 2.41. The molecule has 0 amide bonds. The van der Waals surface area contributed by atoms with Crippen LogP contribution >= 0.6 is 12.2 Å². The first-order valence-electron chi connectivity index (χ1n) is 11.3. The number of thiocarbonyl (C=S) groups is 1. The Labute approximate surface area is 198 Å². The van der Waals surface area contributed by atoms with E-state index in [1.165, 1.54) is 12.1 Å². The summed E-state index contributed by atoms with van der Waals surface area (Å²) < 4.78 is 25.1. The third-order valence-electron chi connectivity index (χ3n) is 6.22. The van der Waals surface area contributed by atoms with Crippen LogP contribution in [-0.2, 0) is 4.74 Å². The Kier molecular flexibility index (Phi) is 6.66. The zero-order chi connectivity index (χ0) is 22.6. The van der Waals surface area contributed by atoms with Crippen LogP contribution in [0, 0.1) is 5.82 Å². The minimum atomic E-state index is -0.266. The van der Waals surface area contributed by atoms with E-state index in [9.17, 15) is 4.39 Å². The number of ether oxygens (including phenoxy) is 1. The number of rotatable bonds is 7. The standard InChI is InChI=1S/C25H27FN4O2S/c26-19-7-5-18(6-8-19)21-9-10-22(32-21)24-23(20-4-1-2-11-27-20)28-25(33)30(24)13-3-12-29-14-16-31-17-15-29/h1-2,4-11,23-24H,3,12-17H2,(H,28,33)/t23-,24-/m1/s1. The van der Waals surface area contributed by atoms with E-state index in [1.54, 1.807) is 18.3 Å². The zero-order valence-corrected chi connectivity index (χ0v) is 19.1. The summed E-state index contributed by atoms with van der Waals surface area (Å²) >= 11 is 5.75. The van der Waals surface area contributed by atoms with Crippen molar-refractivity contribution in [3.8, 4) is 11.3 Å². The number of aromatic nitrogens is 1. The maximum Gasteiger partial charge on any atom is 0.170 e. The average Bonchev–Trinajstić information content (AvgIpc) is 3.46. The number of nitrogens with one attached hydrogen (secondary N) is 1. The Morgan fingerprint density at radius 2 is 1.85 bits per heavy atom. The summed E-state index contributed by atoms with van der Waals surface area (Å²) in [7, 11) is 0. The molecule has 0 spiro atoms. The third-order valence-corrected chi connectivity index (χ3v) is 6.57. The van der Waals surface area contributed by atoms with Crippen LogP contribution in [-0.4, -0.2) is 59.3 Å². The summed E-state index contributed by atoms with van der Waals surface area (Å²) in [5.74, 6) is 1.25. The molecule has 2 aliphatic heterocycles. The van der Waals surface area contributed by atoms with Gasteiger partial charge in [-0.15, -0.1) is 0 Å². The molecular formula is C25H27FN4O2S. The van der Waals surface area contributed by atoms with Crippen LogP contribution in [0.15, 0.2) is 65.2 Å². The first-order chi connectivity index (χ1) is 16.2. The minimum absolute atomic E-state index is 0.116. The summed E-state index contributed by atoms with van der Waals surface area (Å²) in [5, 5.41) is 4.17. The molecule has 1 N–H and O–H groups in total. The fourth-order valence-electron chi connectivity index (χ4n) is 4.53. The molecule has 2 saturated heterocycles. The van der Waals surface area contributed by atoms with Crippen LogP contribution in [0.25, 0.3) is 11.3 Å². The molecule has 33 heavy (non-hydrogen) atoms. The number of benzene rings is 1. The van der Waals surface area contributed by atoms with Gasteiger partial charge in [0.15, 0.2) is 5.11 Å². The van der Waals surface area contributed by atoms with Gasteiger partial charge in [0.05, 0.1) is 24.9 Å². The lowest BCUT2D eigenvalue weighted by Crippen LogP contribution is -2.38. The Bertz CT molecular complexity index is 1070. The second-order valence-electron chi connectivity index (χ2n) is 8.34. The van der Waals surface area contributed by atoms with E-state index in [-0.39, 0.29) is 17.9 Å². The largest absolute Gasteiger partial charge is 0.459 e. The molecule has 2 atom stereocenters. The number of pyridine rings is 1. The molecular weight excluding hydrogens is 439 g/mol. The number of nitrogens with zero attached hydrogens (tertiary/aromatic N) is 3. The first kappa shape index (κ1) is 22.0. The van der Waals surface area contributed by atoms with E-state index in [1.807, 2.05) is 30.3 Å². The van der Waals surface area contributed by atoms with Crippen molar-refractivity contribution in [2.75, 3.05) is 39.4 Å². The van der Waals surface area contributed by atoms with Crippen LogP contribution in [0.2, 0.25) is 0 Å². The van der Waals surface area contributed by atoms with Crippen LogP contribution in [0.1, 0.15) is 30.0 Å². The molecule has 0 saturated carbocycles. The Balaban J connectivity index is 1.39. The quantitative estimate of drug-likeness (QED) is 0.525. The predicted octanol–water partition coefficient (Wildman–Crippen LogP) is 4.18. The van der Waals surface area contributed by atoms with Crippen LogP contribution in [0.4, 0.5) is 4.39 Å². The van der Waals surface area contributed by atoms with Crippen molar-refractivity contribution in [2.45, 2.75) is 18.5 Å². The Morgan fingerprint density at radius 1 is 1.03 bits per heavy atom. The van der Waals surface area contributed by atoms with Crippen molar-refractivity contribution in [3.63, 3.8) is 0 Å². The molecule has 1 aromatic carbocycles. The molecule has 2 aromatic heterocycles. The Hall–Kier alpha value is -2.81. The normalized spacial score (nSPS) is 21.4. The monoisotopic (exact) mass is 466 g/mol. The van der Waals surface area contributed by atoms with Crippen molar-refractivity contribution in [1.29, 1.82) is 0 Å². The van der Waals surface area contributed by atoms with Crippen LogP contribution in [0.5, 0.6) is 0 Å². The summed E-state index contributed by atoms with van der Waals surface area (Å²) in [6, 6.07) is 15.9. The van der Waals surface area contributed by atoms with Gasteiger partial charge in [0, 0.05) is 37.9 Å². The van der Waals surface area contributed by atoms with Gasteiger partial charge >= 0.3 is 0 Å². The molecule has 0 bridgehead atoms. The lowest BCUT2D eigenvalue weighted by atomic mass is 10.0. The molecule has 4 heterocycles. The van der Waals surface area contributed by atoms with Gasteiger partial charge in [-0.2, -0.15) is 0 Å². The number of hydrogen-bond donors (Lipinski definition) is 1. The highest BCUT2D eigenvalue weighted by Crippen LogP contribution is 2.40. The second kappa shape index (κ2) is 9.99. The molecule has 8 heteroatoms. The molecule has 0 aliphatic carbocycles. The molecule has 2 fully saturated rings. The third kappa shape index (κ3) is 4.93. The number of morpholine rings is 1. The van der Waals surface area contributed by atoms with Crippen molar-refractivity contribution >= 4 is 17.3 Å². The van der Waals surface area contributed by atoms with Crippen LogP contribution < -0.4 is 5.32 Å². The SMILES string of the molecule is Fc1ccc(-c2ccc([C@@H]3[C@@H](c4ccccn4)NC(=S)N3CCCN3CCOCC3)o2)cc1. The van der Waals surface area contributed by atoms with Gasteiger partial charge in [-0.05, 0) is 67.2 Å². The summed E-state index contributed by atoms with van der Waals surface area (Å²) in [4.78, 5) is 9.22. The number of halogens is 1. The molecule has 5 rings (SSSR count). The van der Waals surface area contributed by atoms with E-state index >= 15 is 0 Å². The molecule has 3 aromatic rings. The van der Waals surface area contributed by atoms with Crippen LogP contribution in [0.3, 0.4) is 0 Å².